The van der Waals surface area contributed by atoms with E-state index in [4.69, 9.17) is 4.74 Å². The van der Waals surface area contributed by atoms with Gasteiger partial charge < -0.3 is 4.74 Å². The Balaban J connectivity index is 1.91. The van der Waals surface area contributed by atoms with E-state index in [0.29, 0.717) is 12.3 Å². The van der Waals surface area contributed by atoms with Crippen molar-refractivity contribution in [2.24, 2.45) is 5.92 Å². The molecule has 1 aliphatic heterocycles. The van der Waals surface area contributed by atoms with Gasteiger partial charge in [0.1, 0.15) is 0 Å². The van der Waals surface area contributed by atoms with Crippen LogP contribution < -0.4 is 0 Å². The van der Waals surface area contributed by atoms with Crippen LogP contribution in [0, 0.1) is 5.92 Å². The Kier molecular flexibility index (Phi) is 3.07. The lowest BCUT2D eigenvalue weighted by Crippen LogP contribution is -2.09. The predicted molar refractivity (Wildman–Crippen MR) is 69.6 cm³/mol. The maximum Gasteiger partial charge on any atom is 0.163 e. The molecule has 1 aromatic heterocycles. The van der Waals surface area contributed by atoms with E-state index in [1.165, 1.54) is 0 Å². The molecule has 18 heavy (non-hydrogen) atoms. The van der Waals surface area contributed by atoms with Crippen molar-refractivity contribution in [3.8, 4) is 0 Å². The molecule has 1 saturated heterocycles. The third-order valence-electron chi connectivity index (χ3n) is 3.44. The van der Waals surface area contributed by atoms with Gasteiger partial charge in [-0.1, -0.05) is 18.2 Å². The molecule has 3 nitrogen and oxygen atoms in total. The smallest absolute Gasteiger partial charge is 0.163 e. The first-order chi connectivity index (χ1) is 8.84. The minimum absolute atomic E-state index is 0.198. The van der Waals surface area contributed by atoms with Crippen molar-refractivity contribution in [3.63, 3.8) is 0 Å². The lowest BCUT2D eigenvalue weighted by Gasteiger charge is -2.08. The molecule has 1 aliphatic rings. The Morgan fingerprint density at radius 3 is 3.11 bits per heavy atom. The Bertz CT molecular complexity index is 568. The zero-order valence-electron chi connectivity index (χ0n) is 10.1. The summed E-state index contributed by atoms with van der Waals surface area (Å²) in [6, 6.07) is 9.55. The molecule has 1 unspecified atom stereocenters. The number of rotatable bonds is 3. The largest absolute Gasteiger partial charge is 0.381 e. The number of hydrogen-bond acceptors (Lipinski definition) is 3. The molecule has 2 aromatic rings. The van der Waals surface area contributed by atoms with Gasteiger partial charge in [0.25, 0.3) is 0 Å². The van der Waals surface area contributed by atoms with E-state index in [-0.39, 0.29) is 5.78 Å². The van der Waals surface area contributed by atoms with E-state index in [1.54, 1.807) is 6.20 Å². The van der Waals surface area contributed by atoms with Gasteiger partial charge >= 0.3 is 0 Å². The topological polar surface area (TPSA) is 39.2 Å². The number of aromatic nitrogens is 1. The zero-order valence-corrected chi connectivity index (χ0v) is 10.1. The first kappa shape index (κ1) is 11.4. The quantitative estimate of drug-likeness (QED) is 0.776. The second-order valence-electron chi connectivity index (χ2n) is 4.73. The van der Waals surface area contributed by atoms with E-state index < -0.39 is 0 Å². The molecule has 0 radical (unpaired) electrons. The van der Waals surface area contributed by atoms with Gasteiger partial charge in [-0.15, -0.1) is 0 Å². The maximum absolute atomic E-state index is 12.3. The standard InChI is InChI=1S/C15H15NO2/c17-15(9-11-6-8-18-10-11)13-3-1-5-14-12(13)4-2-7-16-14/h1-5,7,11H,6,8-10H2. The summed E-state index contributed by atoms with van der Waals surface area (Å²) in [6.45, 7) is 1.50. The Labute approximate surface area is 106 Å². The Morgan fingerprint density at radius 1 is 1.33 bits per heavy atom. The monoisotopic (exact) mass is 241 g/mol. The summed E-state index contributed by atoms with van der Waals surface area (Å²) < 4.78 is 5.32. The first-order valence-electron chi connectivity index (χ1n) is 6.29. The first-order valence-corrected chi connectivity index (χ1v) is 6.29. The van der Waals surface area contributed by atoms with E-state index >= 15 is 0 Å². The molecule has 1 aromatic carbocycles. The van der Waals surface area contributed by atoms with Crippen LogP contribution in [0.2, 0.25) is 0 Å². The number of ketones is 1. The third kappa shape index (κ3) is 2.14. The third-order valence-corrected chi connectivity index (χ3v) is 3.44. The second-order valence-corrected chi connectivity index (χ2v) is 4.73. The van der Waals surface area contributed by atoms with Crippen molar-refractivity contribution in [1.29, 1.82) is 0 Å². The number of pyridine rings is 1. The number of ether oxygens (including phenoxy) is 1. The van der Waals surface area contributed by atoms with Gasteiger partial charge in [0.15, 0.2) is 5.78 Å². The van der Waals surface area contributed by atoms with E-state index in [2.05, 4.69) is 4.98 Å². The molecule has 1 atom stereocenters. The summed E-state index contributed by atoms with van der Waals surface area (Å²) in [5.41, 5.74) is 1.67. The Hall–Kier alpha value is -1.74. The summed E-state index contributed by atoms with van der Waals surface area (Å²) in [5, 5.41) is 0.948. The van der Waals surface area contributed by atoms with Gasteiger partial charge in [-0.25, -0.2) is 0 Å². The molecule has 0 aliphatic carbocycles. The van der Waals surface area contributed by atoms with Gasteiger partial charge in [-0.3, -0.25) is 9.78 Å². The molecule has 0 spiro atoms. The fourth-order valence-corrected chi connectivity index (χ4v) is 2.46. The van der Waals surface area contributed by atoms with Crippen molar-refractivity contribution >= 4 is 16.7 Å². The van der Waals surface area contributed by atoms with Crippen LogP contribution in [0.25, 0.3) is 10.9 Å². The summed E-state index contributed by atoms with van der Waals surface area (Å²) in [4.78, 5) is 16.6. The fourth-order valence-electron chi connectivity index (χ4n) is 2.46. The molecule has 0 N–H and O–H groups in total. The minimum Gasteiger partial charge on any atom is -0.381 e. The molecule has 3 rings (SSSR count). The lowest BCUT2D eigenvalue weighted by atomic mass is 9.95. The lowest BCUT2D eigenvalue weighted by molar-refractivity contribution is 0.0954. The van der Waals surface area contributed by atoms with Crippen molar-refractivity contribution in [2.75, 3.05) is 13.2 Å². The van der Waals surface area contributed by atoms with E-state index in [0.717, 1.165) is 36.1 Å². The summed E-state index contributed by atoms with van der Waals surface area (Å²) in [6.07, 6.45) is 3.32. The van der Waals surface area contributed by atoms with Crippen molar-refractivity contribution < 1.29 is 9.53 Å². The number of Topliss-reactive ketones (excluding diaryl/α,β-unsaturated/α-hetero) is 1. The summed E-state index contributed by atoms with van der Waals surface area (Å²) in [7, 11) is 0. The van der Waals surface area contributed by atoms with E-state index in [1.807, 2.05) is 30.3 Å². The SMILES string of the molecule is O=C(CC1CCOC1)c1cccc2ncccc12. The van der Waals surface area contributed by atoms with Crippen LogP contribution in [0.3, 0.4) is 0 Å². The van der Waals surface area contributed by atoms with Crippen LogP contribution in [0.4, 0.5) is 0 Å². The highest BCUT2D eigenvalue weighted by molar-refractivity contribution is 6.07. The molecule has 0 bridgehead atoms. The van der Waals surface area contributed by atoms with Crippen LogP contribution in [0.15, 0.2) is 36.5 Å². The van der Waals surface area contributed by atoms with Gasteiger partial charge in [0.05, 0.1) is 5.52 Å². The van der Waals surface area contributed by atoms with Gasteiger partial charge in [-0.05, 0) is 24.5 Å². The number of nitrogens with zero attached hydrogens (tertiary/aromatic N) is 1. The Morgan fingerprint density at radius 2 is 2.28 bits per heavy atom. The second kappa shape index (κ2) is 4.86. The number of hydrogen-bond donors (Lipinski definition) is 0. The highest BCUT2D eigenvalue weighted by atomic mass is 16.5. The van der Waals surface area contributed by atoms with Gasteiger partial charge in [0, 0.05) is 36.8 Å². The molecule has 1 fully saturated rings. The molecule has 2 heterocycles. The van der Waals surface area contributed by atoms with Crippen LogP contribution in [0.5, 0.6) is 0 Å². The van der Waals surface area contributed by atoms with E-state index in [9.17, 15) is 4.79 Å². The number of benzene rings is 1. The number of carbonyl (C=O) groups is 1. The number of fused-ring (bicyclic) bond motifs is 1. The summed E-state index contributed by atoms with van der Waals surface area (Å²) in [5.74, 6) is 0.577. The van der Waals surface area contributed by atoms with Crippen molar-refractivity contribution in [1.82, 2.24) is 4.98 Å². The predicted octanol–water partition coefficient (Wildman–Crippen LogP) is 2.84. The highest BCUT2D eigenvalue weighted by Gasteiger charge is 2.20. The highest BCUT2D eigenvalue weighted by Crippen LogP contribution is 2.23. The molecule has 0 saturated carbocycles. The summed E-state index contributed by atoms with van der Waals surface area (Å²) >= 11 is 0. The fraction of sp³-hybridized carbons (Fsp3) is 0.333. The average molecular weight is 241 g/mol. The molecule has 92 valence electrons. The van der Waals surface area contributed by atoms with Gasteiger partial charge in [0.2, 0.25) is 0 Å². The molecular weight excluding hydrogens is 226 g/mol. The maximum atomic E-state index is 12.3. The van der Waals surface area contributed by atoms with Crippen LogP contribution >= 0.6 is 0 Å². The zero-order chi connectivity index (χ0) is 12.4. The normalized spacial score (nSPS) is 19.2. The average Bonchev–Trinajstić information content (AvgIpc) is 2.91. The molecule has 3 heteroatoms. The van der Waals surface area contributed by atoms with Crippen LogP contribution in [0.1, 0.15) is 23.2 Å². The van der Waals surface area contributed by atoms with Crippen LogP contribution in [-0.4, -0.2) is 24.0 Å². The van der Waals surface area contributed by atoms with Crippen molar-refractivity contribution in [3.05, 3.63) is 42.1 Å². The van der Waals surface area contributed by atoms with Crippen molar-refractivity contribution in [2.45, 2.75) is 12.8 Å². The number of carbonyl (C=O) groups excluding carboxylic acids is 1. The minimum atomic E-state index is 0.198. The van der Waals surface area contributed by atoms with Gasteiger partial charge in [-0.2, -0.15) is 0 Å². The van der Waals surface area contributed by atoms with Crippen LogP contribution in [-0.2, 0) is 4.74 Å². The molecular formula is C15H15NO2. The molecule has 0 amide bonds.